The molecule has 15 heavy (non-hydrogen) atoms. The normalized spacial score (nSPS) is 12.3. The van der Waals surface area contributed by atoms with Crippen molar-refractivity contribution in [3.05, 3.63) is 12.2 Å². The molecule has 1 amide bonds. The van der Waals surface area contributed by atoms with Gasteiger partial charge in [0, 0.05) is 11.1 Å². The Labute approximate surface area is 89.7 Å². The van der Waals surface area contributed by atoms with Crippen LogP contribution < -0.4 is 5.32 Å². The lowest BCUT2D eigenvalue weighted by Gasteiger charge is -2.26. The molecule has 0 spiro atoms. The first-order valence-electron chi connectivity index (χ1n) is 4.56. The molecule has 0 rings (SSSR count). The minimum Gasteiger partial charge on any atom is -0.347 e. The average Bonchev–Trinajstić information content (AvgIpc) is 1.99. The zero-order valence-electron chi connectivity index (χ0n) is 9.28. The molecular formula is C9H18NO4P. The second-order valence-electron chi connectivity index (χ2n) is 4.26. The molecule has 0 aromatic carbocycles. The second kappa shape index (κ2) is 4.92. The van der Waals surface area contributed by atoms with Crippen molar-refractivity contribution in [3.63, 3.8) is 0 Å². The Morgan fingerprint density at radius 2 is 1.93 bits per heavy atom. The molecule has 3 N–H and O–H groups in total. The summed E-state index contributed by atoms with van der Waals surface area (Å²) < 4.78 is 10.7. The van der Waals surface area contributed by atoms with Gasteiger partial charge in [-0.25, -0.2) is 0 Å². The van der Waals surface area contributed by atoms with E-state index in [2.05, 4.69) is 11.9 Å². The van der Waals surface area contributed by atoms with E-state index in [0.29, 0.717) is 5.57 Å². The van der Waals surface area contributed by atoms with Gasteiger partial charge in [0.1, 0.15) is 0 Å². The molecule has 5 nitrogen and oxygen atoms in total. The molecule has 0 radical (unpaired) electrons. The second-order valence-corrected chi connectivity index (χ2v) is 6.03. The summed E-state index contributed by atoms with van der Waals surface area (Å²) in [6, 6.07) is 0. The zero-order chi connectivity index (χ0) is 12.3. The third-order valence-electron chi connectivity index (χ3n) is 1.87. The lowest BCUT2D eigenvalue weighted by Crippen LogP contribution is -2.44. The van der Waals surface area contributed by atoms with Gasteiger partial charge in [-0.2, -0.15) is 0 Å². The van der Waals surface area contributed by atoms with E-state index < -0.39 is 13.1 Å². The van der Waals surface area contributed by atoms with Crippen LogP contribution in [-0.2, 0) is 9.36 Å². The summed E-state index contributed by atoms with van der Waals surface area (Å²) in [6.07, 6.45) is -0.0211. The summed E-state index contributed by atoms with van der Waals surface area (Å²) >= 11 is 0. The van der Waals surface area contributed by atoms with Gasteiger partial charge in [0.25, 0.3) is 0 Å². The zero-order valence-corrected chi connectivity index (χ0v) is 10.2. The SMILES string of the molecule is C=C(C)C(=O)NC(C)(C)CCP(=O)(O)O. The highest BCUT2D eigenvalue weighted by molar-refractivity contribution is 7.51. The highest BCUT2D eigenvalue weighted by atomic mass is 31.2. The van der Waals surface area contributed by atoms with Crippen LogP contribution in [0.3, 0.4) is 0 Å². The molecule has 0 unspecified atom stereocenters. The highest BCUT2D eigenvalue weighted by Crippen LogP contribution is 2.36. The van der Waals surface area contributed by atoms with E-state index in [1.54, 1.807) is 20.8 Å². The van der Waals surface area contributed by atoms with Crippen LogP contribution in [0.5, 0.6) is 0 Å². The van der Waals surface area contributed by atoms with E-state index in [9.17, 15) is 9.36 Å². The fraction of sp³-hybridized carbons (Fsp3) is 0.667. The Kier molecular flexibility index (Phi) is 4.71. The predicted molar refractivity (Wildman–Crippen MR) is 58.6 cm³/mol. The fourth-order valence-electron chi connectivity index (χ4n) is 0.902. The van der Waals surface area contributed by atoms with Crippen LogP contribution in [0, 0.1) is 0 Å². The van der Waals surface area contributed by atoms with Crippen molar-refractivity contribution >= 4 is 13.5 Å². The Hall–Kier alpha value is -0.640. The van der Waals surface area contributed by atoms with Crippen molar-refractivity contribution in [2.75, 3.05) is 6.16 Å². The van der Waals surface area contributed by atoms with Gasteiger partial charge in [0.15, 0.2) is 0 Å². The topological polar surface area (TPSA) is 86.6 Å². The van der Waals surface area contributed by atoms with Crippen LogP contribution in [0.1, 0.15) is 27.2 Å². The monoisotopic (exact) mass is 235 g/mol. The largest absolute Gasteiger partial charge is 0.347 e. The van der Waals surface area contributed by atoms with Gasteiger partial charge in [-0.3, -0.25) is 9.36 Å². The van der Waals surface area contributed by atoms with Gasteiger partial charge in [0.2, 0.25) is 5.91 Å². The van der Waals surface area contributed by atoms with Gasteiger partial charge in [-0.05, 0) is 27.2 Å². The van der Waals surface area contributed by atoms with Crippen molar-refractivity contribution in [2.45, 2.75) is 32.7 Å². The molecule has 0 aliphatic heterocycles. The van der Waals surface area contributed by atoms with E-state index in [0.717, 1.165) is 0 Å². The molecule has 0 heterocycles. The number of rotatable bonds is 5. The first-order valence-corrected chi connectivity index (χ1v) is 6.36. The van der Waals surface area contributed by atoms with Crippen molar-refractivity contribution in [1.82, 2.24) is 5.32 Å². The first-order chi connectivity index (χ1) is 6.53. The van der Waals surface area contributed by atoms with Crippen LogP contribution in [0.4, 0.5) is 0 Å². The molecule has 0 saturated heterocycles. The standard InChI is InChI=1S/C9H18NO4P/c1-7(2)8(11)10-9(3,4)5-6-15(12,13)14/h1,5-6H2,2-4H3,(H,10,11)(H2,12,13,14). The minimum absolute atomic E-state index is 0.219. The van der Waals surface area contributed by atoms with Gasteiger partial charge in [-0.15, -0.1) is 0 Å². The predicted octanol–water partition coefficient (Wildman–Crippen LogP) is 1.03. The molecular weight excluding hydrogens is 217 g/mol. The average molecular weight is 235 g/mol. The molecule has 0 aromatic rings. The summed E-state index contributed by atoms with van der Waals surface area (Å²) in [5.74, 6) is -0.300. The van der Waals surface area contributed by atoms with E-state index >= 15 is 0 Å². The lowest BCUT2D eigenvalue weighted by atomic mass is 10.0. The molecule has 88 valence electrons. The number of carbonyl (C=O) groups is 1. The van der Waals surface area contributed by atoms with Crippen LogP contribution in [0.25, 0.3) is 0 Å². The van der Waals surface area contributed by atoms with E-state index in [-0.39, 0.29) is 18.5 Å². The van der Waals surface area contributed by atoms with Crippen molar-refractivity contribution in [2.24, 2.45) is 0 Å². The van der Waals surface area contributed by atoms with Crippen LogP contribution in [0.15, 0.2) is 12.2 Å². The van der Waals surface area contributed by atoms with Crippen LogP contribution >= 0.6 is 7.60 Å². The van der Waals surface area contributed by atoms with Gasteiger partial charge >= 0.3 is 7.60 Å². The van der Waals surface area contributed by atoms with E-state index in [4.69, 9.17) is 9.79 Å². The maximum absolute atomic E-state index is 11.3. The smallest absolute Gasteiger partial charge is 0.325 e. The number of carbonyl (C=O) groups excluding carboxylic acids is 1. The fourth-order valence-corrected chi connectivity index (χ4v) is 1.75. The molecule has 0 aromatic heterocycles. The third kappa shape index (κ3) is 7.31. The van der Waals surface area contributed by atoms with Crippen molar-refractivity contribution < 1.29 is 19.1 Å². The number of nitrogens with one attached hydrogen (secondary N) is 1. The van der Waals surface area contributed by atoms with Crippen molar-refractivity contribution in [1.29, 1.82) is 0 Å². The molecule has 6 heteroatoms. The third-order valence-corrected chi connectivity index (χ3v) is 2.67. The highest BCUT2D eigenvalue weighted by Gasteiger charge is 2.24. The summed E-state index contributed by atoms with van der Waals surface area (Å²) in [4.78, 5) is 28.7. The minimum atomic E-state index is -4.00. The van der Waals surface area contributed by atoms with E-state index in [1.165, 1.54) is 0 Å². The molecule has 0 saturated carbocycles. The van der Waals surface area contributed by atoms with Gasteiger partial charge < -0.3 is 15.1 Å². The first kappa shape index (κ1) is 14.4. The van der Waals surface area contributed by atoms with Gasteiger partial charge in [-0.1, -0.05) is 6.58 Å². The Morgan fingerprint density at radius 3 is 2.27 bits per heavy atom. The number of hydrogen-bond donors (Lipinski definition) is 3. The molecule has 0 aliphatic carbocycles. The summed E-state index contributed by atoms with van der Waals surface area (Å²) in [5, 5.41) is 2.65. The summed E-state index contributed by atoms with van der Waals surface area (Å²) in [5.41, 5.74) is -0.267. The quantitative estimate of drug-likeness (QED) is 0.490. The summed E-state index contributed by atoms with van der Waals surface area (Å²) in [6.45, 7) is 8.48. The summed E-state index contributed by atoms with van der Waals surface area (Å²) in [7, 11) is -4.00. The molecule has 0 aliphatic rings. The maximum atomic E-state index is 11.3. The van der Waals surface area contributed by atoms with Crippen molar-refractivity contribution in [3.8, 4) is 0 Å². The number of amides is 1. The Bertz CT molecular complexity index is 305. The lowest BCUT2D eigenvalue weighted by molar-refractivity contribution is -0.119. The molecule has 0 fully saturated rings. The maximum Gasteiger partial charge on any atom is 0.325 e. The number of hydrogen-bond acceptors (Lipinski definition) is 2. The molecule has 0 atom stereocenters. The Morgan fingerprint density at radius 1 is 1.47 bits per heavy atom. The molecule has 0 bridgehead atoms. The van der Waals surface area contributed by atoms with Crippen LogP contribution in [0.2, 0.25) is 0 Å². The van der Waals surface area contributed by atoms with Crippen LogP contribution in [-0.4, -0.2) is 27.4 Å². The van der Waals surface area contributed by atoms with E-state index in [1.807, 2.05) is 0 Å². The van der Waals surface area contributed by atoms with Gasteiger partial charge in [0.05, 0.1) is 6.16 Å². The Balaban J connectivity index is 4.25.